The fourth-order valence-corrected chi connectivity index (χ4v) is 6.11. The van der Waals surface area contributed by atoms with Crippen LogP contribution in [0.1, 0.15) is 40.0 Å². The van der Waals surface area contributed by atoms with E-state index < -0.39 is 0 Å². The van der Waals surface area contributed by atoms with Gasteiger partial charge in [0.1, 0.15) is 0 Å². The zero-order valence-electron chi connectivity index (χ0n) is 19.0. The highest BCUT2D eigenvalue weighted by atomic mass is 32.1. The van der Waals surface area contributed by atoms with Crippen molar-refractivity contribution in [2.45, 2.75) is 52.1 Å². The molecule has 0 spiro atoms. The van der Waals surface area contributed by atoms with Crippen molar-refractivity contribution < 1.29 is 0 Å². The van der Waals surface area contributed by atoms with Crippen molar-refractivity contribution in [1.29, 1.82) is 0 Å². The molecule has 0 amide bonds. The van der Waals surface area contributed by atoms with E-state index in [9.17, 15) is 0 Å². The van der Waals surface area contributed by atoms with Crippen LogP contribution in [-0.4, -0.2) is 27.2 Å². The van der Waals surface area contributed by atoms with Gasteiger partial charge in [-0.2, -0.15) is 4.36 Å². The number of hydrogen-bond acceptors (Lipinski definition) is 2. The lowest BCUT2D eigenvalue weighted by Crippen LogP contribution is -2.45. The maximum absolute atomic E-state index is 4.84. The van der Waals surface area contributed by atoms with Crippen LogP contribution < -0.4 is 10.2 Å². The van der Waals surface area contributed by atoms with Crippen molar-refractivity contribution in [3.8, 4) is 0 Å². The largest absolute Gasteiger partial charge is 0.345 e. The van der Waals surface area contributed by atoms with E-state index >= 15 is 0 Å². The van der Waals surface area contributed by atoms with Gasteiger partial charge >= 0.3 is 0 Å². The van der Waals surface area contributed by atoms with Gasteiger partial charge in [0.2, 0.25) is 0 Å². The molecule has 5 rings (SSSR count). The van der Waals surface area contributed by atoms with Crippen LogP contribution in [0.3, 0.4) is 0 Å². The number of H-pyrrole nitrogens is 1. The van der Waals surface area contributed by atoms with Gasteiger partial charge in [0, 0.05) is 11.7 Å². The Morgan fingerprint density at radius 3 is 2.81 bits per heavy atom. The van der Waals surface area contributed by atoms with Gasteiger partial charge in [-0.1, -0.05) is 43.7 Å². The maximum Gasteiger partial charge on any atom is 0.161 e. The van der Waals surface area contributed by atoms with Gasteiger partial charge in [-0.25, -0.2) is 4.98 Å². The number of imidazole rings is 1. The molecule has 32 heavy (non-hydrogen) atoms. The SMILES string of the molecule is CCC1NC(=S=Nc2ccccc2)N(c2ccc3nc[nH]c3c2)C1C1CCC(C)=CC1C. The second kappa shape index (κ2) is 9.04. The second-order valence-corrected chi connectivity index (χ2v) is 9.77. The highest BCUT2D eigenvalue weighted by Crippen LogP contribution is 2.39. The summed E-state index contributed by atoms with van der Waals surface area (Å²) in [5.74, 6) is 1.14. The van der Waals surface area contributed by atoms with Crippen molar-refractivity contribution in [3.05, 3.63) is 66.5 Å². The molecule has 4 unspecified atom stereocenters. The Labute approximate surface area is 193 Å². The molecule has 1 aromatic heterocycles. The lowest BCUT2D eigenvalue weighted by molar-refractivity contribution is 0.281. The molecule has 0 saturated carbocycles. The fraction of sp³-hybridized carbons (Fsp3) is 0.385. The third-order valence-corrected chi connectivity index (χ3v) is 7.68. The normalized spacial score (nSPS) is 25.8. The lowest BCUT2D eigenvalue weighted by Gasteiger charge is -2.39. The van der Waals surface area contributed by atoms with Gasteiger partial charge < -0.3 is 9.88 Å². The summed E-state index contributed by atoms with van der Waals surface area (Å²) < 4.78 is 4.84. The first-order valence-electron chi connectivity index (χ1n) is 11.6. The Bertz CT molecular complexity index is 1190. The minimum atomic E-state index is 0.383. The van der Waals surface area contributed by atoms with Gasteiger partial charge in [0.25, 0.3) is 0 Å². The molecule has 1 aliphatic heterocycles. The quantitative estimate of drug-likeness (QED) is 0.394. The number of aromatic nitrogens is 2. The van der Waals surface area contributed by atoms with Gasteiger partial charge in [-0.3, -0.25) is 5.32 Å². The summed E-state index contributed by atoms with van der Waals surface area (Å²) in [6, 6.07) is 17.5. The number of aromatic amines is 1. The molecular formula is C26H31N5S. The number of fused-ring (bicyclic) bond motifs is 1. The highest BCUT2D eigenvalue weighted by Gasteiger charge is 2.44. The zero-order chi connectivity index (χ0) is 22.1. The molecule has 0 radical (unpaired) electrons. The third-order valence-electron chi connectivity index (χ3n) is 6.89. The van der Waals surface area contributed by atoms with Crippen LogP contribution >= 0.6 is 0 Å². The molecule has 2 heterocycles. The Morgan fingerprint density at radius 2 is 2.03 bits per heavy atom. The first-order chi connectivity index (χ1) is 15.6. The van der Waals surface area contributed by atoms with E-state index in [2.05, 4.69) is 77.4 Å². The molecular weight excluding hydrogens is 414 g/mol. The van der Waals surface area contributed by atoms with E-state index in [0.29, 0.717) is 23.9 Å². The number of nitrogens with zero attached hydrogens (tertiary/aromatic N) is 3. The smallest absolute Gasteiger partial charge is 0.161 e. The standard InChI is InChI=1S/C26H31N5S/c1-4-22-25(21-12-10-17(2)14-18(21)3)31(20-11-13-23-24(15-20)28-16-27-23)26(29-22)32-30-19-8-6-5-7-9-19/h5-9,11,13-16,18,21-22,25,29H,4,10,12H2,1-3H3,(H,27,28). The van der Waals surface area contributed by atoms with E-state index in [-0.39, 0.29) is 0 Å². The summed E-state index contributed by atoms with van der Waals surface area (Å²) in [7, 11) is 0. The van der Waals surface area contributed by atoms with E-state index in [1.165, 1.54) is 24.1 Å². The van der Waals surface area contributed by atoms with E-state index in [0.717, 1.165) is 28.3 Å². The Kier molecular flexibility index (Phi) is 5.98. The molecule has 166 valence electrons. The van der Waals surface area contributed by atoms with Crippen molar-refractivity contribution in [2.75, 3.05) is 4.90 Å². The monoisotopic (exact) mass is 445 g/mol. The number of nitrogens with one attached hydrogen (secondary N) is 2. The van der Waals surface area contributed by atoms with Crippen LogP contribution in [0.25, 0.3) is 11.0 Å². The number of allylic oxidation sites excluding steroid dienone is 2. The average molecular weight is 446 g/mol. The Balaban J connectivity index is 1.62. The molecule has 2 N–H and O–H groups in total. The van der Waals surface area contributed by atoms with Gasteiger partial charge in [-0.05, 0) is 79.5 Å². The molecule has 1 saturated heterocycles. The first kappa shape index (κ1) is 21.2. The summed E-state index contributed by atoms with van der Waals surface area (Å²) in [6.07, 6.45) is 7.74. The Hall–Kier alpha value is -2.70. The van der Waals surface area contributed by atoms with Crippen LogP contribution in [0.2, 0.25) is 0 Å². The first-order valence-corrected chi connectivity index (χ1v) is 12.4. The van der Waals surface area contributed by atoms with Crippen LogP contribution in [0.15, 0.2) is 70.9 Å². The molecule has 6 heteroatoms. The molecule has 1 fully saturated rings. The number of anilines is 1. The van der Waals surface area contributed by atoms with Gasteiger partial charge in [-0.15, -0.1) is 0 Å². The molecule has 5 nitrogen and oxygen atoms in total. The predicted octanol–water partition coefficient (Wildman–Crippen LogP) is 5.80. The molecule has 4 atom stereocenters. The Morgan fingerprint density at radius 1 is 1.19 bits per heavy atom. The fourth-order valence-electron chi connectivity index (χ4n) is 5.27. The average Bonchev–Trinajstić information content (AvgIpc) is 3.42. The molecule has 2 aliphatic rings. The summed E-state index contributed by atoms with van der Waals surface area (Å²) >= 11 is 1.55. The zero-order valence-corrected chi connectivity index (χ0v) is 19.8. The number of hydrogen-bond donors (Lipinski definition) is 2. The summed E-state index contributed by atoms with van der Waals surface area (Å²) in [5.41, 5.74) is 5.77. The van der Waals surface area contributed by atoms with Crippen molar-refractivity contribution in [2.24, 2.45) is 16.2 Å². The third kappa shape index (κ3) is 4.05. The molecule has 3 aromatic rings. The second-order valence-electron chi connectivity index (χ2n) is 9.02. The topological polar surface area (TPSA) is 56.3 Å². The summed E-state index contributed by atoms with van der Waals surface area (Å²) in [4.78, 5) is 10.2. The van der Waals surface area contributed by atoms with Crippen LogP contribution in [-0.2, 0) is 11.1 Å². The summed E-state index contributed by atoms with van der Waals surface area (Å²) in [6.45, 7) is 6.94. The van der Waals surface area contributed by atoms with Gasteiger partial charge in [0.05, 0.1) is 29.1 Å². The van der Waals surface area contributed by atoms with Crippen LogP contribution in [0, 0.1) is 11.8 Å². The van der Waals surface area contributed by atoms with Crippen LogP contribution in [0.5, 0.6) is 0 Å². The molecule has 2 aromatic carbocycles. The number of benzene rings is 2. The molecule has 0 bridgehead atoms. The number of rotatable bonds is 4. The van der Waals surface area contributed by atoms with E-state index in [4.69, 9.17) is 4.36 Å². The molecule has 1 aliphatic carbocycles. The lowest BCUT2D eigenvalue weighted by atomic mass is 9.75. The minimum Gasteiger partial charge on any atom is -0.345 e. The van der Waals surface area contributed by atoms with Crippen molar-refractivity contribution in [3.63, 3.8) is 0 Å². The minimum absolute atomic E-state index is 0.383. The predicted molar refractivity (Wildman–Crippen MR) is 136 cm³/mol. The van der Waals surface area contributed by atoms with Crippen molar-refractivity contribution in [1.82, 2.24) is 15.3 Å². The summed E-state index contributed by atoms with van der Waals surface area (Å²) in [5, 5.41) is 4.96. The van der Waals surface area contributed by atoms with E-state index in [1.54, 1.807) is 17.5 Å². The van der Waals surface area contributed by atoms with Crippen molar-refractivity contribution >= 4 is 38.7 Å². The van der Waals surface area contributed by atoms with E-state index in [1.807, 2.05) is 18.2 Å². The highest BCUT2D eigenvalue weighted by molar-refractivity contribution is 7.69. The van der Waals surface area contributed by atoms with Gasteiger partial charge in [0.15, 0.2) is 5.11 Å². The van der Waals surface area contributed by atoms with Crippen LogP contribution in [0.4, 0.5) is 11.4 Å². The maximum atomic E-state index is 4.84.